The first-order chi connectivity index (χ1) is 33.0. The van der Waals surface area contributed by atoms with Crippen molar-refractivity contribution in [2.75, 3.05) is 4.90 Å². The van der Waals surface area contributed by atoms with Crippen LogP contribution in [0, 0.1) is 0 Å². The third-order valence-corrected chi connectivity index (χ3v) is 15.6. The molecule has 2 nitrogen and oxygen atoms in total. The lowest BCUT2D eigenvalue weighted by atomic mass is 9.66. The van der Waals surface area contributed by atoms with Crippen molar-refractivity contribution in [3.05, 3.63) is 292 Å². The Labute approximate surface area is 392 Å². The van der Waals surface area contributed by atoms with Crippen molar-refractivity contribution in [1.82, 2.24) is 0 Å². The van der Waals surface area contributed by atoms with Gasteiger partial charge in [-0.1, -0.05) is 202 Å². The van der Waals surface area contributed by atoms with E-state index in [1.54, 1.807) is 0 Å². The topological polar surface area (TPSA) is 12.5 Å². The number of hydrogen-bond acceptors (Lipinski definition) is 2. The quantitative estimate of drug-likeness (QED) is 0.171. The number of ether oxygens (including phenoxy) is 1. The van der Waals surface area contributed by atoms with Crippen molar-refractivity contribution >= 4 is 17.1 Å². The van der Waals surface area contributed by atoms with Gasteiger partial charge < -0.3 is 9.64 Å². The molecule has 0 aromatic heterocycles. The lowest BCUT2D eigenvalue weighted by molar-refractivity contribution is 0.436. The SMILES string of the molecule is CC1(C)c2ccccc2-c2ccc(N(c3cccc(C4(c5ccccc5)c5ccccc5-c5ccccc54)c3)c3ccc4c(c3)C3(c5ccccc5Oc5ccccc53)c3ccccc3-4)cc21. The highest BCUT2D eigenvalue weighted by atomic mass is 16.5. The average molecular weight is 856 g/mol. The molecular formula is C65H45NO. The van der Waals surface area contributed by atoms with E-state index < -0.39 is 10.8 Å². The van der Waals surface area contributed by atoms with Crippen molar-refractivity contribution in [3.63, 3.8) is 0 Å². The van der Waals surface area contributed by atoms with Crippen LogP contribution in [0.25, 0.3) is 33.4 Å². The predicted molar refractivity (Wildman–Crippen MR) is 273 cm³/mol. The van der Waals surface area contributed by atoms with Gasteiger partial charge in [0.05, 0.1) is 10.8 Å². The second-order valence-corrected chi connectivity index (χ2v) is 19.1. The summed E-state index contributed by atoms with van der Waals surface area (Å²) < 4.78 is 6.75. The van der Waals surface area contributed by atoms with Gasteiger partial charge in [-0.15, -0.1) is 0 Å². The zero-order valence-corrected chi connectivity index (χ0v) is 37.4. The lowest BCUT2D eigenvalue weighted by Gasteiger charge is -2.39. The summed E-state index contributed by atoms with van der Waals surface area (Å²) in [4.78, 5) is 2.52. The molecule has 0 unspecified atom stereocenters. The highest BCUT2D eigenvalue weighted by Gasteiger charge is 2.52. The molecule has 1 aliphatic heterocycles. The molecule has 0 radical (unpaired) electrons. The number of rotatable bonds is 5. The molecule has 1 spiro atoms. The van der Waals surface area contributed by atoms with Crippen LogP contribution in [0.2, 0.25) is 0 Å². The molecule has 0 bridgehead atoms. The zero-order valence-electron chi connectivity index (χ0n) is 37.4. The Morgan fingerprint density at radius 2 is 0.687 bits per heavy atom. The minimum absolute atomic E-state index is 0.177. The van der Waals surface area contributed by atoms with E-state index in [2.05, 4.69) is 255 Å². The molecular weight excluding hydrogens is 811 g/mol. The minimum Gasteiger partial charge on any atom is -0.457 e. The second kappa shape index (κ2) is 13.9. The third kappa shape index (κ3) is 5.00. The number of fused-ring (bicyclic) bond motifs is 15. The molecule has 0 saturated carbocycles. The fraction of sp³-hybridized carbons (Fsp3) is 0.0769. The summed E-state index contributed by atoms with van der Waals surface area (Å²) >= 11 is 0. The second-order valence-electron chi connectivity index (χ2n) is 19.1. The largest absolute Gasteiger partial charge is 0.457 e. The van der Waals surface area contributed by atoms with Gasteiger partial charge in [-0.2, -0.15) is 0 Å². The van der Waals surface area contributed by atoms with Crippen LogP contribution in [0.1, 0.15) is 69.5 Å². The number of benzene rings is 10. The molecule has 10 aromatic rings. The molecule has 67 heavy (non-hydrogen) atoms. The van der Waals surface area contributed by atoms with Gasteiger partial charge in [-0.25, -0.2) is 0 Å². The van der Waals surface area contributed by atoms with Crippen LogP contribution in [0.3, 0.4) is 0 Å². The van der Waals surface area contributed by atoms with E-state index in [0.29, 0.717) is 0 Å². The number of para-hydroxylation sites is 2. The summed E-state index contributed by atoms with van der Waals surface area (Å²) in [7, 11) is 0. The Morgan fingerprint density at radius 3 is 1.27 bits per heavy atom. The summed E-state index contributed by atoms with van der Waals surface area (Å²) in [5.74, 6) is 1.78. The molecule has 3 aliphatic carbocycles. The Balaban J connectivity index is 1.05. The monoisotopic (exact) mass is 855 g/mol. The molecule has 316 valence electrons. The van der Waals surface area contributed by atoms with Crippen molar-refractivity contribution in [3.8, 4) is 44.9 Å². The number of nitrogens with zero attached hydrogens (tertiary/aromatic N) is 1. The number of hydrogen-bond donors (Lipinski definition) is 0. The Morgan fingerprint density at radius 1 is 0.284 bits per heavy atom. The van der Waals surface area contributed by atoms with E-state index >= 15 is 0 Å². The predicted octanol–water partition coefficient (Wildman–Crippen LogP) is 16.3. The van der Waals surface area contributed by atoms with Crippen molar-refractivity contribution in [2.24, 2.45) is 0 Å². The van der Waals surface area contributed by atoms with E-state index in [0.717, 1.165) is 39.7 Å². The summed E-state index contributed by atoms with van der Waals surface area (Å²) in [6.07, 6.45) is 0. The van der Waals surface area contributed by atoms with Gasteiger partial charge in [0.25, 0.3) is 0 Å². The van der Waals surface area contributed by atoms with Crippen molar-refractivity contribution in [2.45, 2.75) is 30.1 Å². The highest BCUT2D eigenvalue weighted by molar-refractivity contribution is 5.93. The lowest BCUT2D eigenvalue weighted by Crippen LogP contribution is -2.32. The van der Waals surface area contributed by atoms with Gasteiger partial charge in [-0.05, 0) is 126 Å². The molecule has 10 aromatic carbocycles. The number of anilines is 3. The Kier molecular flexibility index (Phi) is 7.91. The van der Waals surface area contributed by atoms with Crippen LogP contribution in [-0.4, -0.2) is 0 Å². The maximum atomic E-state index is 6.75. The van der Waals surface area contributed by atoms with Gasteiger partial charge in [0.2, 0.25) is 0 Å². The standard InChI is InChI=1S/C65H45NO/c1-63(2)53-27-10-6-23-47(53)51-37-35-45(40-59(51)63)66(44-22-18-21-43(39-44)64(42-19-4-3-5-20-42)54-28-11-7-24-48(54)49-25-8-12-29-55(49)64)46-36-38-52-50-26-9-13-30-56(50)65(60(52)41-46)57-31-14-16-33-61(57)67-62-34-17-15-32-58(62)65/h3-41H,1-2H3. The maximum absolute atomic E-state index is 6.75. The molecule has 2 heteroatoms. The van der Waals surface area contributed by atoms with E-state index in [4.69, 9.17) is 4.74 Å². The first kappa shape index (κ1) is 38.1. The van der Waals surface area contributed by atoms with Crippen LogP contribution in [0.5, 0.6) is 11.5 Å². The van der Waals surface area contributed by atoms with E-state index in [1.807, 2.05) is 0 Å². The summed E-state index contributed by atoms with van der Waals surface area (Å²) in [6, 6.07) is 88.1. The summed E-state index contributed by atoms with van der Waals surface area (Å²) in [5.41, 5.74) is 22.3. The van der Waals surface area contributed by atoms with Crippen LogP contribution in [-0.2, 0) is 16.2 Å². The molecule has 14 rings (SSSR count). The highest BCUT2D eigenvalue weighted by Crippen LogP contribution is 2.63. The molecule has 0 N–H and O–H groups in total. The van der Waals surface area contributed by atoms with Crippen LogP contribution >= 0.6 is 0 Å². The van der Waals surface area contributed by atoms with E-state index in [-0.39, 0.29) is 5.41 Å². The molecule has 4 aliphatic rings. The van der Waals surface area contributed by atoms with Gasteiger partial charge >= 0.3 is 0 Å². The summed E-state index contributed by atoms with van der Waals surface area (Å²) in [6.45, 7) is 4.75. The van der Waals surface area contributed by atoms with Gasteiger partial charge in [0.1, 0.15) is 11.5 Å². The van der Waals surface area contributed by atoms with Crippen molar-refractivity contribution in [1.29, 1.82) is 0 Å². The average Bonchev–Trinajstić information content (AvgIpc) is 3.94. The Bertz CT molecular complexity index is 3580. The zero-order chi connectivity index (χ0) is 44.5. The van der Waals surface area contributed by atoms with Gasteiger partial charge in [0, 0.05) is 33.6 Å². The fourth-order valence-electron chi connectivity index (χ4n) is 12.9. The molecule has 1 heterocycles. The maximum Gasteiger partial charge on any atom is 0.132 e. The van der Waals surface area contributed by atoms with E-state index in [1.165, 1.54) is 77.9 Å². The third-order valence-electron chi connectivity index (χ3n) is 15.6. The van der Waals surface area contributed by atoms with Crippen LogP contribution < -0.4 is 9.64 Å². The minimum atomic E-state index is -0.600. The smallest absolute Gasteiger partial charge is 0.132 e. The van der Waals surface area contributed by atoms with E-state index in [9.17, 15) is 0 Å². The fourth-order valence-corrected chi connectivity index (χ4v) is 12.9. The van der Waals surface area contributed by atoms with Crippen LogP contribution in [0.4, 0.5) is 17.1 Å². The van der Waals surface area contributed by atoms with Gasteiger partial charge in [-0.3, -0.25) is 0 Å². The molecule has 0 saturated heterocycles. The summed E-state index contributed by atoms with van der Waals surface area (Å²) in [5, 5.41) is 0. The normalized spacial score (nSPS) is 15.2. The molecule has 0 atom stereocenters. The van der Waals surface area contributed by atoms with Crippen molar-refractivity contribution < 1.29 is 4.74 Å². The van der Waals surface area contributed by atoms with Gasteiger partial charge in [0.15, 0.2) is 0 Å². The first-order valence-electron chi connectivity index (χ1n) is 23.5. The van der Waals surface area contributed by atoms with Crippen LogP contribution in [0.15, 0.2) is 237 Å². The Hall–Kier alpha value is -8.20. The molecule has 0 fully saturated rings. The molecule has 0 amide bonds. The first-order valence-corrected chi connectivity index (χ1v) is 23.5.